The van der Waals surface area contributed by atoms with Crippen molar-refractivity contribution >= 4 is 0 Å². The van der Waals surface area contributed by atoms with Crippen molar-refractivity contribution in [3.8, 4) is 5.75 Å². The van der Waals surface area contributed by atoms with E-state index in [-0.39, 0.29) is 5.54 Å². The molecular weight excluding hydrogens is 224 g/mol. The van der Waals surface area contributed by atoms with Gasteiger partial charge in [-0.1, -0.05) is 12.1 Å². The van der Waals surface area contributed by atoms with Gasteiger partial charge in [-0.05, 0) is 57.6 Å². The Balaban J connectivity index is 2.19. The largest absolute Gasteiger partial charge is 0.496 e. The van der Waals surface area contributed by atoms with Crippen LogP contribution in [-0.4, -0.2) is 44.7 Å². The Bertz CT molecular complexity index is 409. The van der Waals surface area contributed by atoms with E-state index in [0.29, 0.717) is 0 Å². The summed E-state index contributed by atoms with van der Waals surface area (Å²) in [6, 6.07) is 6.52. The number of hydrogen-bond donors (Lipinski definition) is 1. The van der Waals surface area contributed by atoms with Crippen LogP contribution in [0.3, 0.4) is 0 Å². The standard InChI is InChI=1S/C15H24N2O/c1-12-9-13(5-6-14(12)18-4)10-15(17(2)3)7-8-16-11-15/h5-6,9,16H,7-8,10-11H2,1-4H3. The van der Waals surface area contributed by atoms with Gasteiger partial charge in [-0.2, -0.15) is 0 Å². The average Bonchev–Trinajstić information content (AvgIpc) is 2.79. The Labute approximate surface area is 110 Å². The predicted molar refractivity (Wildman–Crippen MR) is 75.3 cm³/mol. The molecule has 1 aromatic rings. The quantitative estimate of drug-likeness (QED) is 0.880. The average molecular weight is 248 g/mol. The second-order valence-electron chi connectivity index (χ2n) is 5.53. The van der Waals surface area contributed by atoms with Gasteiger partial charge in [0, 0.05) is 12.1 Å². The number of nitrogens with zero attached hydrogens (tertiary/aromatic N) is 1. The maximum Gasteiger partial charge on any atom is 0.121 e. The smallest absolute Gasteiger partial charge is 0.121 e. The molecule has 0 amide bonds. The zero-order valence-electron chi connectivity index (χ0n) is 11.9. The molecule has 1 unspecified atom stereocenters. The highest BCUT2D eigenvalue weighted by Gasteiger charge is 2.35. The van der Waals surface area contributed by atoms with Crippen molar-refractivity contribution < 1.29 is 4.74 Å². The van der Waals surface area contributed by atoms with Gasteiger partial charge in [0.05, 0.1) is 7.11 Å². The topological polar surface area (TPSA) is 24.5 Å². The Morgan fingerprint density at radius 1 is 1.39 bits per heavy atom. The van der Waals surface area contributed by atoms with E-state index in [1.54, 1.807) is 7.11 Å². The Morgan fingerprint density at radius 2 is 2.17 bits per heavy atom. The molecule has 1 saturated heterocycles. The van der Waals surface area contributed by atoms with E-state index in [4.69, 9.17) is 4.74 Å². The molecule has 2 rings (SSSR count). The van der Waals surface area contributed by atoms with Crippen molar-refractivity contribution in [3.05, 3.63) is 29.3 Å². The van der Waals surface area contributed by atoms with Crippen LogP contribution in [0.15, 0.2) is 18.2 Å². The van der Waals surface area contributed by atoms with Crippen molar-refractivity contribution in [2.75, 3.05) is 34.3 Å². The highest BCUT2D eigenvalue weighted by atomic mass is 16.5. The van der Waals surface area contributed by atoms with Crippen LogP contribution in [0.5, 0.6) is 5.75 Å². The molecule has 0 aliphatic carbocycles. The molecule has 1 aliphatic rings. The minimum absolute atomic E-state index is 0.265. The van der Waals surface area contributed by atoms with Crippen molar-refractivity contribution in [3.63, 3.8) is 0 Å². The molecule has 1 aromatic carbocycles. The summed E-state index contributed by atoms with van der Waals surface area (Å²) in [6.07, 6.45) is 2.31. The third-order valence-electron chi connectivity index (χ3n) is 4.16. The van der Waals surface area contributed by atoms with Crippen molar-refractivity contribution in [1.29, 1.82) is 0 Å². The molecule has 0 bridgehead atoms. The fourth-order valence-electron chi connectivity index (χ4n) is 2.85. The second-order valence-corrected chi connectivity index (χ2v) is 5.53. The fraction of sp³-hybridized carbons (Fsp3) is 0.600. The van der Waals surface area contributed by atoms with E-state index in [9.17, 15) is 0 Å². The lowest BCUT2D eigenvalue weighted by atomic mass is 9.88. The van der Waals surface area contributed by atoms with Crippen LogP contribution < -0.4 is 10.1 Å². The minimum Gasteiger partial charge on any atom is -0.496 e. The van der Waals surface area contributed by atoms with Crippen LogP contribution in [0.25, 0.3) is 0 Å². The second kappa shape index (κ2) is 5.29. The van der Waals surface area contributed by atoms with Gasteiger partial charge in [-0.3, -0.25) is 0 Å². The molecule has 3 heteroatoms. The summed E-state index contributed by atoms with van der Waals surface area (Å²) >= 11 is 0. The molecule has 0 radical (unpaired) electrons. The SMILES string of the molecule is COc1ccc(CC2(N(C)C)CCNC2)cc1C. The summed E-state index contributed by atoms with van der Waals surface area (Å²) < 4.78 is 5.32. The molecule has 1 aliphatic heterocycles. The normalized spacial score (nSPS) is 23.6. The first-order valence-corrected chi connectivity index (χ1v) is 6.59. The molecule has 3 nitrogen and oxygen atoms in total. The number of methoxy groups -OCH3 is 1. The molecule has 18 heavy (non-hydrogen) atoms. The van der Waals surface area contributed by atoms with Gasteiger partial charge in [-0.25, -0.2) is 0 Å². The van der Waals surface area contributed by atoms with E-state index < -0.39 is 0 Å². The van der Waals surface area contributed by atoms with E-state index >= 15 is 0 Å². The highest BCUT2D eigenvalue weighted by molar-refractivity contribution is 5.37. The van der Waals surface area contributed by atoms with E-state index in [1.165, 1.54) is 17.5 Å². The first-order chi connectivity index (χ1) is 8.57. The molecule has 0 aromatic heterocycles. The van der Waals surface area contributed by atoms with Gasteiger partial charge in [-0.15, -0.1) is 0 Å². The number of benzene rings is 1. The molecular formula is C15H24N2O. The molecule has 1 fully saturated rings. The maximum absolute atomic E-state index is 5.32. The summed E-state index contributed by atoms with van der Waals surface area (Å²) in [6.45, 7) is 4.30. The number of likely N-dealkylation sites (N-methyl/N-ethyl adjacent to an activating group) is 1. The minimum atomic E-state index is 0.265. The molecule has 1 heterocycles. The lowest BCUT2D eigenvalue weighted by Crippen LogP contribution is -2.47. The number of ether oxygens (including phenoxy) is 1. The lowest BCUT2D eigenvalue weighted by Gasteiger charge is -2.36. The highest BCUT2D eigenvalue weighted by Crippen LogP contribution is 2.27. The van der Waals surface area contributed by atoms with Crippen LogP contribution >= 0.6 is 0 Å². The van der Waals surface area contributed by atoms with E-state index in [2.05, 4.69) is 49.4 Å². The van der Waals surface area contributed by atoms with Crippen molar-refractivity contribution in [2.24, 2.45) is 0 Å². The van der Waals surface area contributed by atoms with Gasteiger partial charge in [0.2, 0.25) is 0 Å². The molecule has 1 atom stereocenters. The van der Waals surface area contributed by atoms with E-state index in [0.717, 1.165) is 25.3 Å². The van der Waals surface area contributed by atoms with Crippen LogP contribution in [0.4, 0.5) is 0 Å². The summed E-state index contributed by atoms with van der Waals surface area (Å²) in [4.78, 5) is 2.37. The maximum atomic E-state index is 5.32. The first-order valence-electron chi connectivity index (χ1n) is 6.59. The first kappa shape index (κ1) is 13.4. The van der Waals surface area contributed by atoms with Gasteiger partial charge < -0.3 is 15.0 Å². The Morgan fingerprint density at radius 3 is 2.67 bits per heavy atom. The number of rotatable bonds is 4. The molecule has 100 valence electrons. The van der Waals surface area contributed by atoms with Gasteiger partial charge in [0.15, 0.2) is 0 Å². The summed E-state index contributed by atoms with van der Waals surface area (Å²) in [5.74, 6) is 0.974. The summed E-state index contributed by atoms with van der Waals surface area (Å²) in [5, 5.41) is 3.49. The Kier molecular flexibility index (Phi) is 3.93. The van der Waals surface area contributed by atoms with Crippen LogP contribution in [0.1, 0.15) is 17.5 Å². The zero-order chi connectivity index (χ0) is 13.2. The predicted octanol–water partition coefficient (Wildman–Crippen LogP) is 1.84. The van der Waals surface area contributed by atoms with Crippen LogP contribution in [-0.2, 0) is 6.42 Å². The van der Waals surface area contributed by atoms with Gasteiger partial charge >= 0.3 is 0 Å². The summed E-state index contributed by atoms with van der Waals surface area (Å²) in [5.41, 5.74) is 2.88. The van der Waals surface area contributed by atoms with E-state index in [1.807, 2.05) is 0 Å². The van der Waals surface area contributed by atoms with Crippen LogP contribution in [0, 0.1) is 6.92 Å². The Hall–Kier alpha value is -1.06. The monoisotopic (exact) mass is 248 g/mol. The van der Waals surface area contributed by atoms with Crippen molar-refractivity contribution in [2.45, 2.75) is 25.3 Å². The molecule has 0 saturated carbocycles. The number of nitrogens with one attached hydrogen (secondary N) is 1. The van der Waals surface area contributed by atoms with Gasteiger partial charge in [0.25, 0.3) is 0 Å². The van der Waals surface area contributed by atoms with Crippen molar-refractivity contribution in [1.82, 2.24) is 10.2 Å². The van der Waals surface area contributed by atoms with Crippen LogP contribution in [0.2, 0.25) is 0 Å². The molecule has 0 spiro atoms. The van der Waals surface area contributed by atoms with Gasteiger partial charge in [0.1, 0.15) is 5.75 Å². The number of hydrogen-bond acceptors (Lipinski definition) is 3. The summed E-state index contributed by atoms with van der Waals surface area (Å²) in [7, 11) is 6.09. The zero-order valence-corrected chi connectivity index (χ0v) is 11.9. The number of aryl methyl sites for hydroxylation is 1. The fourth-order valence-corrected chi connectivity index (χ4v) is 2.85. The third kappa shape index (κ3) is 2.52. The lowest BCUT2D eigenvalue weighted by molar-refractivity contribution is 0.172. The third-order valence-corrected chi connectivity index (χ3v) is 4.16. The molecule has 1 N–H and O–H groups in total.